The molecule has 0 spiro atoms. The van der Waals surface area contributed by atoms with Crippen molar-refractivity contribution in [3.8, 4) is 17.0 Å². The molecule has 0 radical (unpaired) electrons. The minimum absolute atomic E-state index is 0.00257. The monoisotopic (exact) mass is 346 g/mol. The summed E-state index contributed by atoms with van der Waals surface area (Å²) < 4.78 is 20.4. The van der Waals surface area contributed by atoms with E-state index < -0.39 is 6.17 Å². The Bertz CT molecular complexity index is 737. The smallest absolute Gasteiger partial charge is 0.145 e. The van der Waals surface area contributed by atoms with Crippen molar-refractivity contribution in [2.75, 3.05) is 25.9 Å². The Kier molecular flexibility index (Phi) is 4.73. The molecule has 2 heterocycles. The molecule has 3 N–H and O–H groups in total. The standard InChI is InChI=1S/C19H27FN4O/c1-19(2,3)24-8-7-13(15(20)11-24)12-5-6-14(17(9-12)25-4)16-10-18(21)23-22-16/h5-6,9-10,13,15H,7-8,11H2,1-4H3,(H3,21,22,23). The van der Waals surface area contributed by atoms with Gasteiger partial charge in [0.2, 0.25) is 0 Å². The van der Waals surface area contributed by atoms with Crippen molar-refractivity contribution in [1.82, 2.24) is 15.1 Å². The van der Waals surface area contributed by atoms with Gasteiger partial charge in [0.25, 0.3) is 0 Å². The second kappa shape index (κ2) is 6.67. The number of benzene rings is 1. The largest absolute Gasteiger partial charge is 0.496 e. The highest BCUT2D eigenvalue weighted by atomic mass is 19.1. The van der Waals surface area contributed by atoms with Gasteiger partial charge in [0.15, 0.2) is 0 Å². The third-order valence-electron chi connectivity index (χ3n) is 5.03. The van der Waals surface area contributed by atoms with Crippen LogP contribution in [0.5, 0.6) is 5.75 Å². The average Bonchev–Trinajstić information content (AvgIpc) is 2.99. The van der Waals surface area contributed by atoms with Gasteiger partial charge in [-0.15, -0.1) is 0 Å². The lowest BCUT2D eigenvalue weighted by Gasteiger charge is -2.42. The Morgan fingerprint density at radius 2 is 2.08 bits per heavy atom. The molecular weight excluding hydrogens is 319 g/mol. The lowest BCUT2D eigenvalue weighted by molar-refractivity contribution is 0.0494. The molecule has 1 fully saturated rings. The normalized spacial score (nSPS) is 22.1. The molecule has 0 bridgehead atoms. The van der Waals surface area contributed by atoms with E-state index in [0.29, 0.717) is 18.1 Å². The summed E-state index contributed by atoms with van der Waals surface area (Å²) in [6.07, 6.45) is -0.0795. The second-order valence-electron chi connectivity index (χ2n) is 7.69. The first-order valence-corrected chi connectivity index (χ1v) is 8.68. The minimum Gasteiger partial charge on any atom is -0.496 e. The molecule has 1 aromatic heterocycles. The van der Waals surface area contributed by atoms with Crippen LogP contribution in [0.15, 0.2) is 24.3 Å². The van der Waals surface area contributed by atoms with E-state index in [1.807, 2.05) is 18.2 Å². The van der Waals surface area contributed by atoms with Gasteiger partial charge in [-0.3, -0.25) is 10.00 Å². The number of hydrogen-bond donors (Lipinski definition) is 2. The van der Waals surface area contributed by atoms with Crippen molar-refractivity contribution in [3.05, 3.63) is 29.8 Å². The number of likely N-dealkylation sites (tertiary alicyclic amines) is 1. The molecule has 0 aliphatic carbocycles. The Labute approximate surface area is 148 Å². The highest BCUT2D eigenvalue weighted by molar-refractivity contribution is 5.69. The number of ether oxygens (including phenoxy) is 1. The van der Waals surface area contributed by atoms with Crippen LogP contribution < -0.4 is 10.5 Å². The zero-order chi connectivity index (χ0) is 18.2. The number of aromatic nitrogens is 2. The molecule has 6 heteroatoms. The Balaban J connectivity index is 1.84. The number of halogens is 1. The quantitative estimate of drug-likeness (QED) is 0.891. The number of nitrogens with two attached hydrogens (primary N) is 1. The topological polar surface area (TPSA) is 67.2 Å². The van der Waals surface area contributed by atoms with Gasteiger partial charge in [-0.05, 0) is 51.4 Å². The predicted octanol–water partition coefficient (Wildman–Crippen LogP) is 3.59. The van der Waals surface area contributed by atoms with Crippen LogP contribution in [0.2, 0.25) is 0 Å². The maximum absolute atomic E-state index is 14.9. The number of alkyl halides is 1. The van der Waals surface area contributed by atoms with Gasteiger partial charge >= 0.3 is 0 Å². The van der Waals surface area contributed by atoms with E-state index in [4.69, 9.17) is 10.5 Å². The van der Waals surface area contributed by atoms with E-state index in [1.165, 1.54) is 0 Å². The number of rotatable bonds is 3. The van der Waals surface area contributed by atoms with E-state index in [2.05, 4.69) is 35.9 Å². The third-order valence-corrected chi connectivity index (χ3v) is 5.03. The molecule has 2 atom stereocenters. The Hall–Kier alpha value is -2.08. The lowest BCUT2D eigenvalue weighted by Crippen LogP contribution is -2.50. The molecule has 3 rings (SSSR count). The molecule has 136 valence electrons. The van der Waals surface area contributed by atoms with Crippen LogP contribution in [0, 0.1) is 0 Å². The maximum Gasteiger partial charge on any atom is 0.145 e. The Morgan fingerprint density at radius 1 is 1.32 bits per heavy atom. The molecular formula is C19H27FN4O. The van der Waals surface area contributed by atoms with Gasteiger partial charge in [0, 0.05) is 29.6 Å². The van der Waals surface area contributed by atoms with E-state index in [9.17, 15) is 4.39 Å². The summed E-state index contributed by atoms with van der Waals surface area (Å²) in [5, 5.41) is 6.85. The number of nitrogens with zero attached hydrogens (tertiary/aromatic N) is 2. The van der Waals surface area contributed by atoms with Crippen molar-refractivity contribution in [1.29, 1.82) is 0 Å². The molecule has 5 nitrogen and oxygen atoms in total. The summed E-state index contributed by atoms with van der Waals surface area (Å²) in [6, 6.07) is 7.64. The van der Waals surface area contributed by atoms with Crippen molar-refractivity contribution in [3.63, 3.8) is 0 Å². The molecule has 0 amide bonds. The fraction of sp³-hybridized carbons (Fsp3) is 0.526. The maximum atomic E-state index is 14.9. The molecule has 0 saturated carbocycles. The summed E-state index contributed by atoms with van der Waals surface area (Å²) in [5.41, 5.74) is 8.33. The number of nitrogens with one attached hydrogen (secondary N) is 1. The number of piperidine rings is 1. The summed E-state index contributed by atoms with van der Waals surface area (Å²) >= 11 is 0. The summed E-state index contributed by atoms with van der Waals surface area (Å²) in [7, 11) is 1.62. The first-order chi connectivity index (χ1) is 11.8. The highest BCUT2D eigenvalue weighted by Crippen LogP contribution is 2.37. The summed E-state index contributed by atoms with van der Waals surface area (Å²) in [5.74, 6) is 1.03. The molecule has 1 aliphatic rings. The molecule has 25 heavy (non-hydrogen) atoms. The summed E-state index contributed by atoms with van der Waals surface area (Å²) in [4.78, 5) is 2.22. The van der Waals surface area contributed by atoms with Crippen LogP contribution >= 0.6 is 0 Å². The number of nitrogen functional groups attached to an aromatic ring is 1. The number of aromatic amines is 1. The molecule has 1 aromatic carbocycles. The molecule has 2 unspecified atom stereocenters. The zero-order valence-corrected chi connectivity index (χ0v) is 15.3. The van der Waals surface area contributed by atoms with E-state index in [1.54, 1.807) is 13.2 Å². The van der Waals surface area contributed by atoms with Crippen molar-refractivity contribution >= 4 is 5.82 Å². The van der Waals surface area contributed by atoms with Gasteiger partial charge in [-0.2, -0.15) is 5.10 Å². The molecule has 2 aromatic rings. The minimum atomic E-state index is -0.883. The molecule has 1 aliphatic heterocycles. The second-order valence-corrected chi connectivity index (χ2v) is 7.69. The van der Waals surface area contributed by atoms with Crippen LogP contribution in [0.1, 0.15) is 38.7 Å². The fourth-order valence-corrected chi connectivity index (χ4v) is 3.53. The highest BCUT2D eigenvalue weighted by Gasteiger charge is 2.35. The van der Waals surface area contributed by atoms with Crippen molar-refractivity contribution in [2.24, 2.45) is 0 Å². The van der Waals surface area contributed by atoms with Crippen LogP contribution in [-0.2, 0) is 0 Å². The SMILES string of the molecule is COc1cc(C2CCN(C(C)(C)C)CC2F)ccc1-c1cc(N)n[nH]1. The van der Waals surface area contributed by atoms with Crippen LogP contribution in [0.25, 0.3) is 11.3 Å². The van der Waals surface area contributed by atoms with Crippen molar-refractivity contribution in [2.45, 2.75) is 44.8 Å². The predicted molar refractivity (Wildman–Crippen MR) is 98.6 cm³/mol. The number of anilines is 1. The van der Waals surface area contributed by atoms with Crippen LogP contribution in [0.4, 0.5) is 10.2 Å². The van der Waals surface area contributed by atoms with Gasteiger partial charge in [0.1, 0.15) is 17.7 Å². The van der Waals surface area contributed by atoms with Gasteiger partial charge in [0.05, 0.1) is 12.8 Å². The van der Waals surface area contributed by atoms with E-state index in [0.717, 1.165) is 29.8 Å². The lowest BCUT2D eigenvalue weighted by atomic mass is 9.85. The molecule has 1 saturated heterocycles. The first-order valence-electron chi connectivity index (χ1n) is 8.68. The average molecular weight is 346 g/mol. The van der Waals surface area contributed by atoms with E-state index in [-0.39, 0.29) is 11.5 Å². The van der Waals surface area contributed by atoms with Crippen LogP contribution in [-0.4, -0.2) is 47.0 Å². The van der Waals surface area contributed by atoms with E-state index >= 15 is 0 Å². The summed E-state index contributed by atoms with van der Waals surface area (Å²) in [6.45, 7) is 7.76. The number of hydrogen-bond acceptors (Lipinski definition) is 4. The third kappa shape index (κ3) is 3.63. The van der Waals surface area contributed by atoms with Crippen LogP contribution in [0.3, 0.4) is 0 Å². The first kappa shape index (κ1) is 17.7. The number of methoxy groups -OCH3 is 1. The Morgan fingerprint density at radius 3 is 2.64 bits per heavy atom. The zero-order valence-electron chi connectivity index (χ0n) is 15.3. The van der Waals surface area contributed by atoms with Gasteiger partial charge in [-0.25, -0.2) is 4.39 Å². The van der Waals surface area contributed by atoms with Gasteiger partial charge < -0.3 is 10.5 Å². The van der Waals surface area contributed by atoms with Crippen molar-refractivity contribution < 1.29 is 9.13 Å². The number of H-pyrrole nitrogens is 1. The fourth-order valence-electron chi connectivity index (χ4n) is 3.53. The van der Waals surface area contributed by atoms with Gasteiger partial charge in [-0.1, -0.05) is 6.07 Å².